The van der Waals surface area contributed by atoms with Crippen molar-refractivity contribution in [2.24, 2.45) is 5.92 Å². The summed E-state index contributed by atoms with van der Waals surface area (Å²) in [5, 5.41) is 2.93. The summed E-state index contributed by atoms with van der Waals surface area (Å²) >= 11 is 0. The Labute approximate surface area is 133 Å². The fourth-order valence-electron chi connectivity index (χ4n) is 2.68. The minimum atomic E-state index is -0.0424. The van der Waals surface area contributed by atoms with Gasteiger partial charge in [0.1, 0.15) is 0 Å². The van der Waals surface area contributed by atoms with Gasteiger partial charge in [-0.05, 0) is 24.6 Å². The molecule has 3 aromatic rings. The zero-order valence-electron chi connectivity index (χ0n) is 12.5. The lowest BCUT2D eigenvalue weighted by Crippen LogP contribution is -2.22. The van der Waals surface area contributed by atoms with E-state index in [1.807, 2.05) is 47.1 Å². The van der Waals surface area contributed by atoms with Gasteiger partial charge in [0.05, 0.1) is 18.2 Å². The van der Waals surface area contributed by atoms with Gasteiger partial charge >= 0.3 is 0 Å². The molecule has 0 unspecified atom stereocenters. The summed E-state index contributed by atoms with van der Waals surface area (Å²) in [6.45, 7) is 1.18. The lowest BCUT2D eigenvalue weighted by atomic mass is 10.1. The number of hydrogen-bond acceptors (Lipinski definition) is 4. The summed E-state index contributed by atoms with van der Waals surface area (Å²) in [4.78, 5) is 20.8. The zero-order chi connectivity index (χ0) is 15.6. The SMILES string of the molecule is O=C(Nc1ccc(-c2cn3cccnc3n2)cc1)[C@H]1CCOC1. The number of nitrogens with one attached hydrogen (secondary N) is 1. The van der Waals surface area contributed by atoms with Crippen LogP contribution in [0.25, 0.3) is 17.0 Å². The van der Waals surface area contributed by atoms with Crippen LogP contribution in [0.1, 0.15) is 6.42 Å². The molecule has 23 heavy (non-hydrogen) atoms. The van der Waals surface area contributed by atoms with Crippen LogP contribution in [-0.4, -0.2) is 33.5 Å². The van der Waals surface area contributed by atoms with E-state index in [-0.39, 0.29) is 11.8 Å². The van der Waals surface area contributed by atoms with Crippen LogP contribution in [-0.2, 0) is 9.53 Å². The van der Waals surface area contributed by atoms with E-state index in [0.29, 0.717) is 19.0 Å². The topological polar surface area (TPSA) is 68.5 Å². The maximum Gasteiger partial charge on any atom is 0.234 e. The van der Waals surface area contributed by atoms with Crippen molar-refractivity contribution in [3.05, 3.63) is 48.9 Å². The second kappa shape index (κ2) is 5.81. The van der Waals surface area contributed by atoms with Gasteiger partial charge in [-0.25, -0.2) is 9.97 Å². The number of fused-ring (bicyclic) bond motifs is 1. The summed E-state index contributed by atoms with van der Waals surface area (Å²) in [6.07, 6.45) is 6.36. The van der Waals surface area contributed by atoms with Crippen LogP contribution in [0.5, 0.6) is 0 Å². The lowest BCUT2D eigenvalue weighted by molar-refractivity contribution is -0.119. The van der Waals surface area contributed by atoms with Crippen molar-refractivity contribution in [3.63, 3.8) is 0 Å². The van der Waals surface area contributed by atoms with E-state index < -0.39 is 0 Å². The molecule has 0 aliphatic carbocycles. The van der Waals surface area contributed by atoms with Crippen molar-refractivity contribution in [3.8, 4) is 11.3 Å². The number of benzene rings is 1. The van der Waals surface area contributed by atoms with E-state index in [1.165, 1.54) is 0 Å². The van der Waals surface area contributed by atoms with Gasteiger partial charge in [-0.3, -0.25) is 9.20 Å². The van der Waals surface area contributed by atoms with Crippen LogP contribution in [0.4, 0.5) is 5.69 Å². The first-order chi connectivity index (χ1) is 11.3. The first-order valence-corrected chi connectivity index (χ1v) is 7.58. The second-order valence-electron chi connectivity index (χ2n) is 5.58. The van der Waals surface area contributed by atoms with Crippen LogP contribution in [0, 0.1) is 5.92 Å². The van der Waals surface area contributed by atoms with Gasteiger partial charge in [-0.15, -0.1) is 0 Å². The van der Waals surface area contributed by atoms with Crippen LogP contribution in [0.3, 0.4) is 0 Å². The minimum Gasteiger partial charge on any atom is -0.381 e. The van der Waals surface area contributed by atoms with Crippen molar-refractivity contribution in [1.29, 1.82) is 0 Å². The normalized spacial score (nSPS) is 17.5. The number of ether oxygens (including phenoxy) is 1. The number of aromatic nitrogens is 3. The molecule has 6 heteroatoms. The predicted molar refractivity (Wildman–Crippen MR) is 86.0 cm³/mol. The molecule has 6 nitrogen and oxygen atoms in total. The summed E-state index contributed by atoms with van der Waals surface area (Å²) in [7, 11) is 0. The third-order valence-corrected chi connectivity index (χ3v) is 3.98. The van der Waals surface area contributed by atoms with Crippen LogP contribution in [0.2, 0.25) is 0 Å². The first-order valence-electron chi connectivity index (χ1n) is 7.58. The van der Waals surface area contributed by atoms with Crippen molar-refractivity contribution in [2.45, 2.75) is 6.42 Å². The highest BCUT2D eigenvalue weighted by Crippen LogP contribution is 2.22. The highest BCUT2D eigenvalue weighted by molar-refractivity contribution is 5.93. The second-order valence-corrected chi connectivity index (χ2v) is 5.58. The maximum absolute atomic E-state index is 12.1. The molecule has 1 aromatic carbocycles. The average Bonchev–Trinajstić information content (AvgIpc) is 3.25. The van der Waals surface area contributed by atoms with Gasteiger partial charge in [0, 0.05) is 36.4 Å². The predicted octanol–water partition coefficient (Wildman–Crippen LogP) is 2.37. The molecule has 1 atom stereocenters. The summed E-state index contributed by atoms with van der Waals surface area (Å²) in [5.41, 5.74) is 2.62. The Kier molecular flexibility index (Phi) is 3.51. The molecule has 2 aromatic heterocycles. The Morgan fingerprint density at radius 2 is 2.17 bits per heavy atom. The molecular formula is C17H16N4O2. The Balaban J connectivity index is 1.52. The van der Waals surface area contributed by atoms with Crippen LogP contribution in [0.15, 0.2) is 48.9 Å². The lowest BCUT2D eigenvalue weighted by Gasteiger charge is -2.09. The molecule has 0 bridgehead atoms. The summed E-state index contributed by atoms with van der Waals surface area (Å²) in [6, 6.07) is 9.54. The highest BCUT2D eigenvalue weighted by atomic mass is 16.5. The third-order valence-electron chi connectivity index (χ3n) is 3.98. The Bertz CT molecular complexity index is 802. The van der Waals surface area contributed by atoms with Crippen molar-refractivity contribution in [1.82, 2.24) is 14.4 Å². The van der Waals surface area contributed by atoms with E-state index in [9.17, 15) is 4.79 Å². The van der Waals surface area contributed by atoms with Crippen molar-refractivity contribution in [2.75, 3.05) is 18.5 Å². The number of anilines is 1. The van der Waals surface area contributed by atoms with E-state index in [0.717, 1.165) is 23.4 Å². The van der Waals surface area contributed by atoms with Gasteiger partial charge in [0.2, 0.25) is 11.7 Å². The van der Waals surface area contributed by atoms with Crippen LogP contribution >= 0.6 is 0 Å². The smallest absolute Gasteiger partial charge is 0.234 e. The number of amides is 1. The number of rotatable bonds is 3. The minimum absolute atomic E-state index is 0.0205. The molecule has 1 saturated heterocycles. The molecule has 1 fully saturated rings. The number of nitrogens with zero attached hydrogens (tertiary/aromatic N) is 3. The van der Waals surface area contributed by atoms with E-state index in [4.69, 9.17) is 4.74 Å². The standard InChI is InChI=1S/C17H16N4O2/c22-16(13-6-9-23-11-13)19-14-4-2-12(3-5-14)15-10-21-8-1-7-18-17(21)20-15/h1-5,7-8,10,13H,6,9,11H2,(H,19,22)/t13-/m0/s1. The third kappa shape index (κ3) is 2.80. The summed E-state index contributed by atoms with van der Waals surface area (Å²) in [5.74, 6) is 0.646. The molecule has 4 rings (SSSR count). The Morgan fingerprint density at radius 1 is 1.30 bits per heavy atom. The molecule has 1 amide bonds. The molecule has 116 valence electrons. The van der Waals surface area contributed by atoms with E-state index in [2.05, 4.69) is 15.3 Å². The van der Waals surface area contributed by atoms with Crippen molar-refractivity contribution >= 4 is 17.4 Å². The van der Waals surface area contributed by atoms with Gasteiger partial charge in [0.15, 0.2) is 0 Å². The largest absolute Gasteiger partial charge is 0.381 e. The number of carbonyl (C=O) groups is 1. The Morgan fingerprint density at radius 3 is 2.91 bits per heavy atom. The highest BCUT2D eigenvalue weighted by Gasteiger charge is 2.23. The van der Waals surface area contributed by atoms with E-state index in [1.54, 1.807) is 6.20 Å². The molecule has 3 heterocycles. The van der Waals surface area contributed by atoms with Crippen LogP contribution < -0.4 is 5.32 Å². The van der Waals surface area contributed by atoms with Gasteiger partial charge in [0.25, 0.3) is 0 Å². The van der Waals surface area contributed by atoms with E-state index >= 15 is 0 Å². The maximum atomic E-state index is 12.1. The van der Waals surface area contributed by atoms with Gasteiger partial charge in [-0.1, -0.05) is 12.1 Å². The molecular weight excluding hydrogens is 292 g/mol. The fourth-order valence-corrected chi connectivity index (χ4v) is 2.68. The summed E-state index contributed by atoms with van der Waals surface area (Å²) < 4.78 is 7.12. The number of hydrogen-bond donors (Lipinski definition) is 1. The average molecular weight is 308 g/mol. The molecule has 0 saturated carbocycles. The fraction of sp³-hybridized carbons (Fsp3) is 0.235. The Hall–Kier alpha value is -2.73. The molecule has 1 aliphatic rings. The van der Waals surface area contributed by atoms with Gasteiger partial charge < -0.3 is 10.1 Å². The van der Waals surface area contributed by atoms with Crippen molar-refractivity contribution < 1.29 is 9.53 Å². The first kappa shape index (κ1) is 13.9. The zero-order valence-corrected chi connectivity index (χ0v) is 12.5. The molecule has 1 N–H and O–H groups in total. The molecule has 1 aliphatic heterocycles. The number of imidazole rings is 1. The monoisotopic (exact) mass is 308 g/mol. The number of carbonyl (C=O) groups excluding carboxylic acids is 1. The molecule has 0 radical (unpaired) electrons. The van der Waals surface area contributed by atoms with Gasteiger partial charge in [-0.2, -0.15) is 0 Å². The molecule has 0 spiro atoms. The quantitative estimate of drug-likeness (QED) is 0.806.